The first-order chi connectivity index (χ1) is 18.0. The van der Waals surface area contributed by atoms with E-state index in [9.17, 15) is 33.9 Å². The van der Waals surface area contributed by atoms with Crippen molar-refractivity contribution in [1.29, 1.82) is 0 Å². The molecule has 0 saturated carbocycles. The zero-order chi connectivity index (χ0) is 30.4. The van der Waals surface area contributed by atoms with Crippen LogP contribution in [0.2, 0.25) is 0 Å². The van der Waals surface area contributed by atoms with Gasteiger partial charge < -0.3 is 42.3 Å². The van der Waals surface area contributed by atoms with Crippen LogP contribution in [0.1, 0.15) is 67.2 Å². The average molecular weight is 560 g/mol. The second kappa shape index (κ2) is 17.4. The van der Waals surface area contributed by atoms with Gasteiger partial charge in [-0.05, 0) is 30.6 Å². The number of aliphatic hydroxyl groups is 1. The molecule has 0 aromatic heterocycles. The van der Waals surface area contributed by atoms with E-state index in [-0.39, 0.29) is 25.2 Å². The summed E-state index contributed by atoms with van der Waals surface area (Å²) in [5, 5.41) is 37.1. The fraction of sp³-hybridized carbons (Fsp3) is 0.760. The van der Waals surface area contributed by atoms with Gasteiger partial charge >= 0.3 is 11.9 Å². The molecule has 0 aliphatic rings. The van der Waals surface area contributed by atoms with Crippen LogP contribution in [0.4, 0.5) is 0 Å². The number of carbonyl (C=O) groups excluding carboxylic acids is 4. The van der Waals surface area contributed by atoms with Gasteiger partial charge in [0.25, 0.3) is 0 Å². The normalized spacial score (nSPS) is 15.8. The van der Waals surface area contributed by atoms with Crippen LogP contribution in [-0.4, -0.2) is 87.7 Å². The van der Waals surface area contributed by atoms with Gasteiger partial charge in [-0.1, -0.05) is 48.0 Å². The monoisotopic (exact) mass is 559 g/mol. The summed E-state index contributed by atoms with van der Waals surface area (Å²) in [5.74, 6) is -6.28. The average Bonchev–Trinajstić information content (AvgIpc) is 2.85. The standard InChI is InChI=1S/C25H45N5O9/c1-7-14(6)20(24(37)28-17(11-31)25(38)39)30-23(36)19(13(4)5)29-22(35)16(10-12(2)3)27-21(34)15(26)8-9-18(32)33/h12-17,19-20,31H,7-11,26H2,1-6H3,(H,27,34)(H,28,37)(H,29,35)(H,30,36)(H,32,33)(H,38,39)/t14-,15-,16-,17-,19-,20-/m0/s1. The molecule has 0 aromatic carbocycles. The zero-order valence-electron chi connectivity index (χ0n) is 23.5. The molecule has 224 valence electrons. The number of amides is 4. The molecule has 0 radical (unpaired) electrons. The minimum Gasteiger partial charge on any atom is -0.481 e. The highest BCUT2D eigenvalue weighted by atomic mass is 16.4. The van der Waals surface area contributed by atoms with E-state index in [0.717, 1.165) is 0 Å². The molecule has 0 rings (SSSR count). The highest BCUT2D eigenvalue weighted by Crippen LogP contribution is 2.12. The number of aliphatic carboxylic acids is 2. The van der Waals surface area contributed by atoms with E-state index in [0.29, 0.717) is 6.42 Å². The lowest BCUT2D eigenvalue weighted by Gasteiger charge is -2.30. The number of hydrogen-bond acceptors (Lipinski definition) is 8. The Hall–Kier alpha value is -3.26. The van der Waals surface area contributed by atoms with Crippen molar-refractivity contribution in [2.45, 2.75) is 97.4 Å². The molecule has 0 unspecified atom stereocenters. The minimum atomic E-state index is -1.55. The molecule has 0 saturated heterocycles. The first-order valence-electron chi connectivity index (χ1n) is 13.1. The van der Waals surface area contributed by atoms with Crippen LogP contribution in [0.5, 0.6) is 0 Å². The molecule has 0 aliphatic heterocycles. The summed E-state index contributed by atoms with van der Waals surface area (Å²) in [5.41, 5.74) is 5.77. The Bertz CT molecular complexity index is 865. The van der Waals surface area contributed by atoms with Gasteiger partial charge in [-0.3, -0.25) is 24.0 Å². The number of carbonyl (C=O) groups is 6. The van der Waals surface area contributed by atoms with E-state index in [1.54, 1.807) is 27.7 Å². The van der Waals surface area contributed by atoms with Crippen LogP contribution in [-0.2, 0) is 28.8 Å². The number of hydrogen-bond donors (Lipinski definition) is 8. The summed E-state index contributed by atoms with van der Waals surface area (Å²) in [6, 6.07) is -6.01. The molecule has 14 nitrogen and oxygen atoms in total. The lowest BCUT2D eigenvalue weighted by molar-refractivity contribution is -0.143. The van der Waals surface area contributed by atoms with Crippen molar-refractivity contribution in [3.8, 4) is 0 Å². The van der Waals surface area contributed by atoms with Crippen molar-refractivity contribution in [3.05, 3.63) is 0 Å². The van der Waals surface area contributed by atoms with Gasteiger partial charge in [0.05, 0.1) is 12.6 Å². The van der Waals surface area contributed by atoms with Crippen LogP contribution in [0, 0.1) is 17.8 Å². The first kappa shape index (κ1) is 35.7. The lowest BCUT2D eigenvalue weighted by atomic mass is 9.95. The van der Waals surface area contributed by atoms with E-state index >= 15 is 0 Å². The lowest BCUT2D eigenvalue weighted by Crippen LogP contribution is -2.61. The maximum Gasteiger partial charge on any atom is 0.328 e. The summed E-state index contributed by atoms with van der Waals surface area (Å²) >= 11 is 0. The van der Waals surface area contributed by atoms with Crippen molar-refractivity contribution < 1.29 is 44.1 Å². The molecular weight excluding hydrogens is 514 g/mol. The summed E-state index contributed by atoms with van der Waals surface area (Å²) < 4.78 is 0. The van der Waals surface area contributed by atoms with Crippen molar-refractivity contribution >= 4 is 35.6 Å². The summed E-state index contributed by atoms with van der Waals surface area (Å²) in [4.78, 5) is 73.7. The number of carboxylic acids is 2. The maximum atomic E-state index is 13.2. The summed E-state index contributed by atoms with van der Waals surface area (Å²) in [6.45, 7) is 9.63. The fourth-order valence-corrected chi connectivity index (χ4v) is 3.57. The molecule has 39 heavy (non-hydrogen) atoms. The largest absolute Gasteiger partial charge is 0.481 e. The van der Waals surface area contributed by atoms with E-state index < -0.39 is 84.2 Å². The third-order valence-corrected chi connectivity index (χ3v) is 6.18. The molecule has 0 aromatic rings. The molecule has 6 atom stereocenters. The summed E-state index contributed by atoms with van der Waals surface area (Å²) in [6.07, 6.45) is 0.234. The highest BCUT2D eigenvalue weighted by Gasteiger charge is 2.34. The van der Waals surface area contributed by atoms with E-state index in [2.05, 4.69) is 21.3 Å². The quantitative estimate of drug-likeness (QED) is 0.101. The molecule has 14 heteroatoms. The van der Waals surface area contributed by atoms with Crippen LogP contribution in [0.3, 0.4) is 0 Å². The Labute approximate surface area is 228 Å². The van der Waals surface area contributed by atoms with E-state index in [4.69, 9.17) is 15.9 Å². The Morgan fingerprint density at radius 1 is 0.744 bits per heavy atom. The van der Waals surface area contributed by atoms with Crippen LogP contribution in [0.15, 0.2) is 0 Å². The molecular formula is C25H45N5O9. The maximum absolute atomic E-state index is 13.2. The van der Waals surface area contributed by atoms with Crippen molar-refractivity contribution in [2.75, 3.05) is 6.61 Å². The molecule has 0 spiro atoms. The van der Waals surface area contributed by atoms with Gasteiger partial charge in [0.15, 0.2) is 0 Å². The topological polar surface area (TPSA) is 237 Å². The second-order valence-corrected chi connectivity index (χ2v) is 10.4. The van der Waals surface area contributed by atoms with Crippen LogP contribution < -0.4 is 27.0 Å². The fourth-order valence-electron chi connectivity index (χ4n) is 3.57. The molecule has 0 aliphatic carbocycles. The Morgan fingerprint density at radius 2 is 1.26 bits per heavy atom. The predicted molar refractivity (Wildman–Crippen MR) is 141 cm³/mol. The Kier molecular flexibility index (Phi) is 15.9. The van der Waals surface area contributed by atoms with Crippen LogP contribution >= 0.6 is 0 Å². The van der Waals surface area contributed by atoms with E-state index in [1.807, 2.05) is 13.8 Å². The highest BCUT2D eigenvalue weighted by molar-refractivity contribution is 5.95. The number of aliphatic hydroxyl groups excluding tert-OH is 1. The molecule has 0 bridgehead atoms. The van der Waals surface area contributed by atoms with Gasteiger partial charge in [0, 0.05) is 6.42 Å². The molecule has 4 amide bonds. The zero-order valence-corrected chi connectivity index (χ0v) is 23.5. The van der Waals surface area contributed by atoms with Gasteiger partial charge in [-0.25, -0.2) is 4.79 Å². The number of nitrogens with one attached hydrogen (secondary N) is 4. The van der Waals surface area contributed by atoms with Gasteiger partial charge in [0.2, 0.25) is 23.6 Å². The number of nitrogens with two attached hydrogens (primary N) is 1. The van der Waals surface area contributed by atoms with Gasteiger partial charge in [-0.15, -0.1) is 0 Å². The minimum absolute atomic E-state index is 0.0326. The molecule has 0 heterocycles. The van der Waals surface area contributed by atoms with Gasteiger partial charge in [-0.2, -0.15) is 0 Å². The SMILES string of the molecule is CC[C@H](C)[C@H](NC(=O)[C@@H](NC(=O)[C@H](CC(C)C)NC(=O)[C@@H](N)CCC(=O)O)C(C)C)C(=O)N[C@@H](CO)C(=O)O. The third kappa shape index (κ3) is 12.9. The van der Waals surface area contributed by atoms with Crippen molar-refractivity contribution in [3.63, 3.8) is 0 Å². The van der Waals surface area contributed by atoms with Gasteiger partial charge in [0.1, 0.15) is 24.2 Å². The van der Waals surface area contributed by atoms with E-state index in [1.165, 1.54) is 0 Å². The second-order valence-electron chi connectivity index (χ2n) is 10.4. The number of rotatable bonds is 18. The van der Waals surface area contributed by atoms with Crippen molar-refractivity contribution in [2.24, 2.45) is 23.5 Å². The third-order valence-electron chi connectivity index (χ3n) is 6.18. The summed E-state index contributed by atoms with van der Waals surface area (Å²) in [7, 11) is 0. The molecule has 0 fully saturated rings. The van der Waals surface area contributed by atoms with Crippen LogP contribution in [0.25, 0.3) is 0 Å². The Morgan fingerprint density at radius 3 is 1.69 bits per heavy atom. The Balaban J connectivity index is 5.71. The predicted octanol–water partition coefficient (Wildman–Crippen LogP) is -1.06. The van der Waals surface area contributed by atoms with Crippen molar-refractivity contribution in [1.82, 2.24) is 21.3 Å². The molecule has 9 N–H and O–H groups in total. The number of carboxylic acid groups (broad SMARTS) is 2. The smallest absolute Gasteiger partial charge is 0.328 e. The first-order valence-corrected chi connectivity index (χ1v) is 13.1.